The molecular formula is C22H33NO5. The van der Waals surface area contributed by atoms with E-state index < -0.39 is 0 Å². The summed E-state index contributed by atoms with van der Waals surface area (Å²) in [7, 11) is 1.42. The number of methoxy groups -OCH3 is 1. The Balaban J connectivity index is 2.00. The molecule has 0 spiro atoms. The van der Waals surface area contributed by atoms with E-state index in [-0.39, 0.29) is 23.7 Å². The molecule has 2 unspecified atom stereocenters. The van der Waals surface area contributed by atoms with Crippen molar-refractivity contribution in [2.45, 2.75) is 52.4 Å². The first kappa shape index (κ1) is 22.1. The summed E-state index contributed by atoms with van der Waals surface area (Å²) in [6.07, 6.45) is 5.88. The van der Waals surface area contributed by atoms with Gasteiger partial charge in [-0.2, -0.15) is 0 Å². The van der Waals surface area contributed by atoms with E-state index in [2.05, 4.69) is 12.2 Å². The highest BCUT2D eigenvalue weighted by molar-refractivity contribution is 5.94. The first-order valence-electron chi connectivity index (χ1n) is 10.4. The molecule has 1 aromatic rings. The third-order valence-corrected chi connectivity index (χ3v) is 5.20. The maximum Gasteiger partial charge on any atom is 0.309 e. The normalized spacial score (nSPS) is 19.0. The number of esters is 1. The lowest BCUT2D eigenvalue weighted by molar-refractivity contribution is -0.148. The van der Waals surface area contributed by atoms with E-state index in [1.165, 1.54) is 7.11 Å². The first-order valence-corrected chi connectivity index (χ1v) is 10.4. The summed E-state index contributed by atoms with van der Waals surface area (Å²) in [6.45, 7) is 5.60. The highest BCUT2D eigenvalue weighted by atomic mass is 16.5. The highest BCUT2D eigenvalue weighted by Crippen LogP contribution is 2.31. The minimum absolute atomic E-state index is 0.119. The van der Waals surface area contributed by atoms with Gasteiger partial charge >= 0.3 is 5.97 Å². The van der Waals surface area contributed by atoms with Crippen LogP contribution in [-0.2, 0) is 9.53 Å². The van der Waals surface area contributed by atoms with Crippen molar-refractivity contribution in [2.24, 2.45) is 11.8 Å². The molecule has 1 fully saturated rings. The molecule has 156 valence electrons. The van der Waals surface area contributed by atoms with Crippen molar-refractivity contribution in [3.8, 4) is 11.5 Å². The number of unbranched alkanes of at least 4 members (excludes halogenated alkanes) is 1. The van der Waals surface area contributed by atoms with Gasteiger partial charge < -0.3 is 19.5 Å². The van der Waals surface area contributed by atoms with Gasteiger partial charge in [-0.25, -0.2) is 0 Å². The molecule has 0 saturated heterocycles. The minimum Gasteiger partial charge on any atom is -0.490 e. The fourth-order valence-electron chi connectivity index (χ4n) is 3.60. The van der Waals surface area contributed by atoms with Crippen LogP contribution in [0.1, 0.15) is 62.7 Å². The molecule has 0 aromatic heterocycles. The van der Waals surface area contributed by atoms with Gasteiger partial charge in [-0.3, -0.25) is 9.59 Å². The summed E-state index contributed by atoms with van der Waals surface area (Å²) in [5.74, 6) is 0.878. The number of ether oxygens (including phenoxy) is 3. The SMILES string of the molecule is CCCCOc1ccc(C(=O)NCC2CCCCC2C(=O)OC)cc1OCC. The monoisotopic (exact) mass is 391 g/mol. The second kappa shape index (κ2) is 11.6. The Morgan fingerprint density at radius 1 is 1.11 bits per heavy atom. The van der Waals surface area contributed by atoms with E-state index in [1.807, 2.05) is 6.92 Å². The van der Waals surface area contributed by atoms with Crippen LogP contribution in [0.15, 0.2) is 18.2 Å². The van der Waals surface area contributed by atoms with Gasteiger partial charge in [-0.15, -0.1) is 0 Å². The van der Waals surface area contributed by atoms with Crippen molar-refractivity contribution in [2.75, 3.05) is 26.9 Å². The second-order valence-corrected chi connectivity index (χ2v) is 7.18. The number of hydrogen-bond acceptors (Lipinski definition) is 5. The molecule has 0 aliphatic heterocycles. The smallest absolute Gasteiger partial charge is 0.309 e. The van der Waals surface area contributed by atoms with Gasteiger partial charge in [-0.1, -0.05) is 26.2 Å². The summed E-state index contributed by atoms with van der Waals surface area (Å²) in [5, 5.41) is 2.98. The van der Waals surface area contributed by atoms with Crippen molar-refractivity contribution < 1.29 is 23.8 Å². The van der Waals surface area contributed by atoms with Crippen LogP contribution >= 0.6 is 0 Å². The molecule has 6 heteroatoms. The van der Waals surface area contributed by atoms with Crippen molar-refractivity contribution in [3.05, 3.63) is 23.8 Å². The van der Waals surface area contributed by atoms with Gasteiger partial charge in [0.25, 0.3) is 5.91 Å². The Bertz CT molecular complexity index is 646. The number of carbonyl (C=O) groups is 2. The Hall–Kier alpha value is -2.24. The predicted octanol–water partition coefficient (Wildman–Crippen LogP) is 3.97. The van der Waals surface area contributed by atoms with Gasteiger partial charge in [0.1, 0.15) is 0 Å². The minimum atomic E-state index is -0.175. The molecule has 1 aliphatic carbocycles. The van der Waals surface area contributed by atoms with Gasteiger partial charge in [0, 0.05) is 12.1 Å². The fraction of sp³-hybridized carbons (Fsp3) is 0.636. The zero-order valence-corrected chi connectivity index (χ0v) is 17.3. The number of hydrogen-bond donors (Lipinski definition) is 1. The number of rotatable bonds is 10. The highest BCUT2D eigenvalue weighted by Gasteiger charge is 2.31. The summed E-state index contributed by atoms with van der Waals surface area (Å²) in [6, 6.07) is 5.25. The molecular weight excluding hydrogens is 358 g/mol. The van der Waals surface area contributed by atoms with Gasteiger partial charge in [-0.05, 0) is 50.3 Å². The molecule has 2 atom stereocenters. The number of carbonyl (C=O) groups excluding carboxylic acids is 2. The number of benzene rings is 1. The van der Waals surface area contributed by atoms with Crippen molar-refractivity contribution in [3.63, 3.8) is 0 Å². The van der Waals surface area contributed by atoms with Crippen LogP contribution in [-0.4, -0.2) is 38.7 Å². The summed E-state index contributed by atoms with van der Waals surface area (Å²) in [4.78, 5) is 24.6. The van der Waals surface area contributed by atoms with Crippen molar-refractivity contribution in [1.82, 2.24) is 5.32 Å². The van der Waals surface area contributed by atoms with Crippen LogP contribution < -0.4 is 14.8 Å². The lowest BCUT2D eigenvalue weighted by atomic mass is 9.79. The lowest BCUT2D eigenvalue weighted by Crippen LogP contribution is -2.37. The maximum atomic E-state index is 12.6. The van der Waals surface area contributed by atoms with Gasteiger partial charge in [0.2, 0.25) is 0 Å². The molecule has 2 rings (SSSR count). The van der Waals surface area contributed by atoms with Crippen molar-refractivity contribution >= 4 is 11.9 Å². The van der Waals surface area contributed by atoms with Crippen LogP contribution in [0.2, 0.25) is 0 Å². The molecule has 1 N–H and O–H groups in total. The van der Waals surface area contributed by atoms with E-state index in [0.29, 0.717) is 36.8 Å². The van der Waals surface area contributed by atoms with Crippen LogP contribution in [0.5, 0.6) is 11.5 Å². The third kappa shape index (κ3) is 6.14. The molecule has 1 aliphatic rings. The predicted molar refractivity (Wildman–Crippen MR) is 108 cm³/mol. The van der Waals surface area contributed by atoms with Crippen LogP contribution in [0.3, 0.4) is 0 Å². The standard InChI is InChI=1S/C22H33NO5/c1-4-6-13-28-19-12-11-16(14-20(19)27-5-2)21(24)23-15-17-9-7-8-10-18(17)22(25)26-3/h11-12,14,17-18H,4-10,13,15H2,1-3H3,(H,23,24). The fourth-order valence-corrected chi connectivity index (χ4v) is 3.60. The summed E-state index contributed by atoms with van der Waals surface area (Å²) >= 11 is 0. The Labute approximate surface area is 167 Å². The van der Waals surface area contributed by atoms with E-state index in [1.54, 1.807) is 18.2 Å². The Kier molecular flexibility index (Phi) is 9.11. The molecule has 1 amide bonds. The second-order valence-electron chi connectivity index (χ2n) is 7.18. The van der Waals surface area contributed by atoms with Crippen LogP contribution in [0.4, 0.5) is 0 Å². The average molecular weight is 392 g/mol. The van der Waals surface area contributed by atoms with Gasteiger partial charge in [0.05, 0.1) is 26.2 Å². The molecule has 0 heterocycles. The Morgan fingerprint density at radius 2 is 1.89 bits per heavy atom. The number of nitrogens with one attached hydrogen (secondary N) is 1. The largest absolute Gasteiger partial charge is 0.490 e. The quantitative estimate of drug-likeness (QED) is 0.482. The van der Waals surface area contributed by atoms with E-state index in [4.69, 9.17) is 14.2 Å². The van der Waals surface area contributed by atoms with Crippen molar-refractivity contribution in [1.29, 1.82) is 0 Å². The lowest BCUT2D eigenvalue weighted by Gasteiger charge is -2.29. The van der Waals surface area contributed by atoms with E-state index >= 15 is 0 Å². The zero-order chi connectivity index (χ0) is 20.4. The Morgan fingerprint density at radius 3 is 2.61 bits per heavy atom. The zero-order valence-electron chi connectivity index (χ0n) is 17.3. The topological polar surface area (TPSA) is 73.9 Å². The summed E-state index contributed by atoms with van der Waals surface area (Å²) < 4.78 is 16.3. The molecule has 28 heavy (non-hydrogen) atoms. The van der Waals surface area contributed by atoms with Crippen LogP contribution in [0.25, 0.3) is 0 Å². The third-order valence-electron chi connectivity index (χ3n) is 5.20. The molecule has 0 bridgehead atoms. The molecule has 1 saturated carbocycles. The average Bonchev–Trinajstić information content (AvgIpc) is 2.73. The van der Waals surface area contributed by atoms with Crippen LogP contribution in [0, 0.1) is 11.8 Å². The van der Waals surface area contributed by atoms with E-state index in [0.717, 1.165) is 38.5 Å². The van der Waals surface area contributed by atoms with E-state index in [9.17, 15) is 9.59 Å². The van der Waals surface area contributed by atoms with Gasteiger partial charge in [0.15, 0.2) is 11.5 Å². The molecule has 1 aromatic carbocycles. The first-order chi connectivity index (χ1) is 13.6. The summed E-state index contributed by atoms with van der Waals surface area (Å²) in [5.41, 5.74) is 0.525. The number of amides is 1. The maximum absolute atomic E-state index is 12.6. The molecule has 0 radical (unpaired) electrons. The molecule has 6 nitrogen and oxygen atoms in total.